The van der Waals surface area contributed by atoms with Crippen LogP contribution in [0.4, 0.5) is 5.69 Å². The summed E-state index contributed by atoms with van der Waals surface area (Å²) in [7, 11) is 2.04. The smallest absolute Gasteiger partial charge is 0.273 e. The van der Waals surface area contributed by atoms with Gasteiger partial charge in [0.15, 0.2) is 0 Å². The third kappa shape index (κ3) is 3.14. The predicted octanol–water partition coefficient (Wildman–Crippen LogP) is 1.73. The molecule has 1 aliphatic rings. The lowest BCUT2D eigenvalue weighted by atomic mass is 10.1. The zero-order valence-corrected chi connectivity index (χ0v) is 11.8. The van der Waals surface area contributed by atoms with E-state index in [1.165, 1.54) is 6.07 Å². The maximum atomic E-state index is 12.0. The number of aryl methyl sites for hydroxylation is 1. The number of benzene rings is 1. The van der Waals surface area contributed by atoms with Gasteiger partial charge in [-0.2, -0.15) is 0 Å². The number of nitro benzene ring substituents is 1. The SMILES string of the molecule is Cc1ccc(C(=O)NCC2CCCN2C)cc1[N+](=O)[O-]. The number of amides is 1. The fraction of sp³-hybridized carbons (Fsp3) is 0.500. The largest absolute Gasteiger partial charge is 0.350 e. The molecule has 108 valence electrons. The molecule has 6 heteroatoms. The molecule has 0 bridgehead atoms. The number of hydrogen-bond donors (Lipinski definition) is 1. The predicted molar refractivity (Wildman–Crippen MR) is 75.8 cm³/mol. The topological polar surface area (TPSA) is 75.5 Å². The Morgan fingerprint density at radius 3 is 2.90 bits per heavy atom. The summed E-state index contributed by atoms with van der Waals surface area (Å²) in [5.74, 6) is -0.256. The van der Waals surface area contributed by atoms with Crippen molar-refractivity contribution < 1.29 is 9.72 Å². The highest BCUT2D eigenvalue weighted by Crippen LogP contribution is 2.19. The molecule has 20 heavy (non-hydrogen) atoms. The zero-order valence-electron chi connectivity index (χ0n) is 11.8. The van der Waals surface area contributed by atoms with Crippen molar-refractivity contribution in [3.8, 4) is 0 Å². The third-order valence-corrected chi connectivity index (χ3v) is 3.84. The molecule has 6 nitrogen and oxygen atoms in total. The standard InChI is InChI=1S/C14H19N3O3/c1-10-5-6-11(8-13(10)17(19)20)14(18)15-9-12-4-3-7-16(12)2/h5-6,8,12H,3-4,7,9H2,1-2H3,(H,15,18). The molecule has 1 aliphatic heterocycles. The van der Waals surface area contributed by atoms with Gasteiger partial charge in [-0.3, -0.25) is 14.9 Å². The van der Waals surface area contributed by atoms with Crippen LogP contribution in [-0.4, -0.2) is 41.9 Å². The molecule has 1 amide bonds. The minimum Gasteiger partial charge on any atom is -0.350 e. The second-order valence-electron chi connectivity index (χ2n) is 5.25. The van der Waals surface area contributed by atoms with Crippen LogP contribution >= 0.6 is 0 Å². The van der Waals surface area contributed by atoms with E-state index in [4.69, 9.17) is 0 Å². The van der Waals surface area contributed by atoms with Gasteiger partial charge < -0.3 is 10.2 Å². The normalized spacial score (nSPS) is 19.0. The zero-order chi connectivity index (χ0) is 14.7. The summed E-state index contributed by atoms with van der Waals surface area (Å²) in [6, 6.07) is 4.92. The number of likely N-dealkylation sites (tertiary alicyclic amines) is 1. The highest BCUT2D eigenvalue weighted by Gasteiger charge is 2.22. The molecule has 1 aromatic carbocycles. The molecule has 1 saturated heterocycles. The van der Waals surface area contributed by atoms with Gasteiger partial charge in [0.25, 0.3) is 11.6 Å². The van der Waals surface area contributed by atoms with E-state index in [1.54, 1.807) is 19.1 Å². The summed E-state index contributed by atoms with van der Waals surface area (Å²) < 4.78 is 0. The van der Waals surface area contributed by atoms with Gasteiger partial charge in [0.2, 0.25) is 0 Å². The molecule has 2 rings (SSSR count). The van der Waals surface area contributed by atoms with E-state index in [2.05, 4.69) is 10.2 Å². The third-order valence-electron chi connectivity index (χ3n) is 3.84. The quantitative estimate of drug-likeness (QED) is 0.671. The van der Waals surface area contributed by atoms with Gasteiger partial charge in [-0.15, -0.1) is 0 Å². The van der Waals surface area contributed by atoms with E-state index in [-0.39, 0.29) is 11.6 Å². The summed E-state index contributed by atoms with van der Waals surface area (Å²) in [5.41, 5.74) is 0.876. The first kappa shape index (κ1) is 14.5. The van der Waals surface area contributed by atoms with Crippen LogP contribution in [0.15, 0.2) is 18.2 Å². The Labute approximate surface area is 117 Å². The highest BCUT2D eigenvalue weighted by molar-refractivity contribution is 5.95. The summed E-state index contributed by atoms with van der Waals surface area (Å²) in [5, 5.41) is 13.7. The van der Waals surface area contributed by atoms with Crippen LogP contribution in [0.1, 0.15) is 28.8 Å². The Morgan fingerprint density at radius 2 is 2.30 bits per heavy atom. The second-order valence-corrected chi connectivity index (χ2v) is 5.25. The summed E-state index contributed by atoms with van der Waals surface area (Å²) in [6.07, 6.45) is 2.22. The first-order chi connectivity index (χ1) is 9.49. The van der Waals surface area contributed by atoms with Crippen LogP contribution in [-0.2, 0) is 0 Å². The minimum atomic E-state index is -0.461. The summed E-state index contributed by atoms with van der Waals surface area (Å²) in [4.78, 5) is 24.7. The van der Waals surface area contributed by atoms with E-state index in [1.807, 2.05) is 7.05 Å². The van der Waals surface area contributed by atoms with Crippen molar-refractivity contribution in [3.05, 3.63) is 39.4 Å². The number of carbonyl (C=O) groups excluding carboxylic acids is 1. The minimum absolute atomic E-state index is 0.0179. The number of rotatable bonds is 4. The van der Waals surface area contributed by atoms with Crippen molar-refractivity contribution in [2.75, 3.05) is 20.1 Å². The van der Waals surface area contributed by atoms with Crippen LogP contribution in [0, 0.1) is 17.0 Å². The Balaban J connectivity index is 2.02. The molecule has 1 N–H and O–H groups in total. The fourth-order valence-electron chi connectivity index (χ4n) is 2.50. The van der Waals surface area contributed by atoms with Crippen molar-refractivity contribution in [1.82, 2.24) is 10.2 Å². The van der Waals surface area contributed by atoms with E-state index in [9.17, 15) is 14.9 Å². The van der Waals surface area contributed by atoms with Gasteiger partial charge in [-0.05, 0) is 39.4 Å². The number of carbonyl (C=O) groups is 1. The number of likely N-dealkylation sites (N-methyl/N-ethyl adjacent to an activating group) is 1. The van der Waals surface area contributed by atoms with Crippen molar-refractivity contribution in [1.29, 1.82) is 0 Å². The fourth-order valence-corrected chi connectivity index (χ4v) is 2.50. The molecule has 0 spiro atoms. The van der Waals surface area contributed by atoms with Crippen molar-refractivity contribution in [3.63, 3.8) is 0 Å². The summed E-state index contributed by atoms with van der Waals surface area (Å²) >= 11 is 0. The van der Waals surface area contributed by atoms with Gasteiger partial charge in [-0.1, -0.05) is 6.07 Å². The lowest BCUT2D eigenvalue weighted by Gasteiger charge is -2.19. The Morgan fingerprint density at radius 1 is 1.55 bits per heavy atom. The van der Waals surface area contributed by atoms with E-state index >= 15 is 0 Å². The molecule has 1 atom stereocenters. The van der Waals surface area contributed by atoms with Crippen LogP contribution in [0.25, 0.3) is 0 Å². The van der Waals surface area contributed by atoms with Crippen LogP contribution < -0.4 is 5.32 Å². The molecule has 1 heterocycles. The van der Waals surface area contributed by atoms with Crippen LogP contribution in [0.5, 0.6) is 0 Å². The van der Waals surface area contributed by atoms with E-state index < -0.39 is 4.92 Å². The van der Waals surface area contributed by atoms with Crippen molar-refractivity contribution in [2.45, 2.75) is 25.8 Å². The number of nitrogens with one attached hydrogen (secondary N) is 1. The van der Waals surface area contributed by atoms with Gasteiger partial charge in [0, 0.05) is 29.8 Å². The monoisotopic (exact) mass is 277 g/mol. The number of hydrogen-bond acceptors (Lipinski definition) is 4. The molecule has 0 saturated carbocycles. The lowest BCUT2D eigenvalue weighted by molar-refractivity contribution is -0.385. The maximum absolute atomic E-state index is 12.0. The molecule has 1 aromatic rings. The van der Waals surface area contributed by atoms with Crippen molar-refractivity contribution >= 4 is 11.6 Å². The Kier molecular flexibility index (Phi) is 4.34. The van der Waals surface area contributed by atoms with E-state index in [0.717, 1.165) is 19.4 Å². The van der Waals surface area contributed by atoms with Gasteiger partial charge >= 0.3 is 0 Å². The van der Waals surface area contributed by atoms with Crippen LogP contribution in [0.2, 0.25) is 0 Å². The average Bonchev–Trinajstić information content (AvgIpc) is 2.81. The van der Waals surface area contributed by atoms with E-state index in [0.29, 0.717) is 23.7 Å². The molecule has 1 unspecified atom stereocenters. The van der Waals surface area contributed by atoms with Crippen LogP contribution in [0.3, 0.4) is 0 Å². The first-order valence-corrected chi connectivity index (χ1v) is 6.72. The van der Waals surface area contributed by atoms with Gasteiger partial charge in [-0.25, -0.2) is 0 Å². The molecule has 1 fully saturated rings. The van der Waals surface area contributed by atoms with Gasteiger partial charge in [0.05, 0.1) is 4.92 Å². The molecule has 0 aromatic heterocycles. The maximum Gasteiger partial charge on any atom is 0.273 e. The average molecular weight is 277 g/mol. The van der Waals surface area contributed by atoms with Gasteiger partial charge in [0.1, 0.15) is 0 Å². The highest BCUT2D eigenvalue weighted by atomic mass is 16.6. The number of nitrogens with zero attached hydrogens (tertiary/aromatic N) is 2. The Hall–Kier alpha value is -1.95. The summed E-state index contributed by atoms with van der Waals surface area (Å²) in [6.45, 7) is 3.29. The van der Waals surface area contributed by atoms with Crippen molar-refractivity contribution in [2.24, 2.45) is 0 Å². The number of nitro groups is 1. The molecular weight excluding hydrogens is 258 g/mol. The Bertz CT molecular complexity index is 530. The molecular formula is C14H19N3O3. The lowest BCUT2D eigenvalue weighted by Crippen LogP contribution is -2.38. The molecule has 0 radical (unpaired) electrons. The second kappa shape index (κ2) is 6.00. The molecule has 0 aliphatic carbocycles. The first-order valence-electron chi connectivity index (χ1n) is 6.72.